The summed E-state index contributed by atoms with van der Waals surface area (Å²) in [5, 5.41) is 0. The van der Waals surface area contributed by atoms with Crippen LogP contribution in [0.5, 0.6) is 0 Å². The fourth-order valence-corrected chi connectivity index (χ4v) is 2.76. The zero-order chi connectivity index (χ0) is 16.8. The number of carbonyl (C=O) groups is 2. The second-order valence-electron chi connectivity index (χ2n) is 6.16. The van der Waals surface area contributed by atoms with Crippen molar-refractivity contribution in [1.82, 2.24) is 4.90 Å². The molecule has 3 atom stereocenters. The van der Waals surface area contributed by atoms with Gasteiger partial charge in [0.05, 0.1) is 6.04 Å². The summed E-state index contributed by atoms with van der Waals surface area (Å²) in [4.78, 5) is 26.4. The summed E-state index contributed by atoms with van der Waals surface area (Å²) in [6.45, 7) is 3.86. The van der Waals surface area contributed by atoms with Crippen molar-refractivity contribution >= 4 is 11.9 Å². The number of esters is 1. The van der Waals surface area contributed by atoms with Gasteiger partial charge in [-0.1, -0.05) is 49.4 Å². The molecule has 4 nitrogen and oxygen atoms in total. The summed E-state index contributed by atoms with van der Waals surface area (Å²) < 4.78 is 5.71. The Morgan fingerprint density at radius 1 is 1.09 bits per heavy atom. The molecule has 1 aliphatic heterocycles. The second kappa shape index (κ2) is 7.95. The monoisotopic (exact) mass is 315 g/mol. The number of nitrogens with zero attached hydrogens (tertiary/aromatic N) is 1. The molecular formula is C19H25NO3. The van der Waals surface area contributed by atoms with Crippen molar-refractivity contribution in [1.29, 1.82) is 0 Å². The summed E-state index contributed by atoms with van der Waals surface area (Å²) in [6.07, 6.45) is 5.18. The molecular weight excluding hydrogens is 290 g/mol. The second-order valence-corrected chi connectivity index (χ2v) is 6.16. The molecule has 1 aromatic rings. The number of likely N-dealkylation sites (N-methyl/N-ethyl adjacent to an activating group) is 1. The standard InChI is InChI=1S/C19H25NO3/c1-14-10-6-4-9-13-17(21)23-18(15(2)20(3)19(14)22)16-11-7-5-8-12-16/h4-8,11-12,14-15,18H,9-10,13H2,1-3H3/b6-4-/t14-,15+,18+/m1/s1. The number of benzene rings is 1. The van der Waals surface area contributed by atoms with E-state index in [1.165, 1.54) is 0 Å². The third-order valence-electron chi connectivity index (χ3n) is 4.38. The number of hydrogen-bond donors (Lipinski definition) is 0. The first-order chi connectivity index (χ1) is 11.0. The van der Waals surface area contributed by atoms with E-state index >= 15 is 0 Å². The Morgan fingerprint density at radius 3 is 2.48 bits per heavy atom. The Hall–Kier alpha value is -2.10. The number of rotatable bonds is 1. The normalized spacial score (nSPS) is 28.5. The third kappa shape index (κ3) is 4.44. The minimum absolute atomic E-state index is 0.0692. The van der Waals surface area contributed by atoms with E-state index in [0.717, 1.165) is 5.56 Å². The topological polar surface area (TPSA) is 46.6 Å². The highest BCUT2D eigenvalue weighted by molar-refractivity contribution is 5.79. The van der Waals surface area contributed by atoms with Crippen molar-refractivity contribution in [3.63, 3.8) is 0 Å². The molecule has 1 amide bonds. The number of ether oxygens (including phenoxy) is 1. The van der Waals surface area contributed by atoms with Gasteiger partial charge in [-0.25, -0.2) is 0 Å². The summed E-state index contributed by atoms with van der Waals surface area (Å²) in [6, 6.07) is 9.40. The van der Waals surface area contributed by atoms with Gasteiger partial charge in [-0.2, -0.15) is 0 Å². The van der Waals surface area contributed by atoms with Crippen LogP contribution in [0.15, 0.2) is 42.5 Å². The Morgan fingerprint density at radius 2 is 1.78 bits per heavy atom. The molecule has 23 heavy (non-hydrogen) atoms. The quantitative estimate of drug-likeness (QED) is 0.588. The predicted molar refractivity (Wildman–Crippen MR) is 89.7 cm³/mol. The molecule has 0 bridgehead atoms. The average molecular weight is 315 g/mol. The first kappa shape index (κ1) is 17.3. The van der Waals surface area contributed by atoms with E-state index in [4.69, 9.17) is 4.74 Å². The maximum Gasteiger partial charge on any atom is 0.306 e. The minimum atomic E-state index is -0.451. The van der Waals surface area contributed by atoms with Gasteiger partial charge in [0.1, 0.15) is 6.10 Å². The molecule has 0 N–H and O–H groups in total. The van der Waals surface area contributed by atoms with Crippen molar-refractivity contribution in [3.8, 4) is 0 Å². The first-order valence-corrected chi connectivity index (χ1v) is 8.16. The SMILES string of the molecule is C[C@@H]1C/C=C\CCC(=O)O[C@H](c2ccccc2)[C@H](C)N(C)C1=O. The highest BCUT2D eigenvalue weighted by atomic mass is 16.5. The highest BCUT2D eigenvalue weighted by Gasteiger charge is 2.30. The molecule has 0 saturated heterocycles. The van der Waals surface area contributed by atoms with E-state index in [1.54, 1.807) is 11.9 Å². The van der Waals surface area contributed by atoms with Gasteiger partial charge < -0.3 is 9.64 Å². The molecule has 1 aromatic carbocycles. The molecule has 0 unspecified atom stereocenters. The Balaban J connectivity index is 2.32. The Bertz CT molecular complexity index is 567. The zero-order valence-corrected chi connectivity index (χ0v) is 14.1. The maximum atomic E-state index is 12.6. The van der Waals surface area contributed by atoms with Crippen molar-refractivity contribution in [2.24, 2.45) is 5.92 Å². The minimum Gasteiger partial charge on any atom is -0.455 e. The molecule has 2 rings (SSSR count). The van der Waals surface area contributed by atoms with Crippen molar-refractivity contribution < 1.29 is 14.3 Å². The largest absolute Gasteiger partial charge is 0.455 e. The summed E-state index contributed by atoms with van der Waals surface area (Å²) in [5.41, 5.74) is 0.910. The van der Waals surface area contributed by atoms with Gasteiger partial charge in [-0.3, -0.25) is 9.59 Å². The molecule has 4 heteroatoms. The fraction of sp³-hybridized carbons (Fsp3) is 0.474. The Kier molecular flexibility index (Phi) is 5.97. The van der Waals surface area contributed by atoms with Crippen molar-refractivity contribution in [2.45, 2.75) is 45.3 Å². The van der Waals surface area contributed by atoms with Crippen LogP contribution in [0.25, 0.3) is 0 Å². The van der Waals surface area contributed by atoms with E-state index in [-0.39, 0.29) is 23.8 Å². The van der Waals surface area contributed by atoms with E-state index in [2.05, 4.69) is 0 Å². The lowest BCUT2D eigenvalue weighted by Gasteiger charge is -2.33. The van der Waals surface area contributed by atoms with Gasteiger partial charge in [0.2, 0.25) is 5.91 Å². The van der Waals surface area contributed by atoms with Gasteiger partial charge in [-0.15, -0.1) is 0 Å². The lowest BCUT2D eigenvalue weighted by Crippen LogP contribution is -2.42. The summed E-state index contributed by atoms with van der Waals surface area (Å²) >= 11 is 0. The molecule has 0 aliphatic carbocycles. The molecule has 1 aliphatic rings. The van der Waals surface area contributed by atoms with Crippen LogP contribution in [-0.2, 0) is 14.3 Å². The van der Waals surface area contributed by atoms with Gasteiger partial charge >= 0.3 is 5.97 Å². The smallest absolute Gasteiger partial charge is 0.306 e. The molecule has 0 fully saturated rings. The third-order valence-corrected chi connectivity index (χ3v) is 4.38. The van der Waals surface area contributed by atoms with Gasteiger partial charge in [0.25, 0.3) is 0 Å². The van der Waals surface area contributed by atoms with Crippen LogP contribution in [0.2, 0.25) is 0 Å². The van der Waals surface area contributed by atoms with E-state index in [9.17, 15) is 9.59 Å². The highest BCUT2D eigenvalue weighted by Crippen LogP contribution is 2.27. The average Bonchev–Trinajstić information content (AvgIpc) is 2.57. The number of hydrogen-bond acceptors (Lipinski definition) is 3. The lowest BCUT2D eigenvalue weighted by molar-refractivity contribution is -0.156. The lowest BCUT2D eigenvalue weighted by atomic mass is 9.99. The Labute approximate surface area is 138 Å². The van der Waals surface area contributed by atoms with Crippen molar-refractivity contribution in [3.05, 3.63) is 48.0 Å². The maximum absolute atomic E-state index is 12.6. The molecule has 1 heterocycles. The summed E-state index contributed by atoms with van der Waals surface area (Å²) in [5.74, 6) is -0.241. The predicted octanol–water partition coefficient (Wildman–Crippen LogP) is 3.49. The number of allylic oxidation sites excluding steroid dienone is 2. The molecule has 0 spiro atoms. The van der Waals surface area contributed by atoms with Crippen LogP contribution in [0, 0.1) is 5.92 Å². The van der Waals surface area contributed by atoms with Crippen LogP contribution >= 0.6 is 0 Å². The first-order valence-electron chi connectivity index (χ1n) is 8.16. The van der Waals surface area contributed by atoms with Gasteiger partial charge in [0, 0.05) is 19.4 Å². The van der Waals surface area contributed by atoms with Gasteiger partial charge in [-0.05, 0) is 25.3 Å². The molecule has 124 valence electrons. The summed E-state index contributed by atoms with van der Waals surface area (Å²) in [7, 11) is 1.78. The molecule has 0 saturated carbocycles. The fourth-order valence-electron chi connectivity index (χ4n) is 2.76. The van der Waals surface area contributed by atoms with E-state index < -0.39 is 6.10 Å². The van der Waals surface area contributed by atoms with Crippen LogP contribution in [0.3, 0.4) is 0 Å². The van der Waals surface area contributed by atoms with Crippen molar-refractivity contribution in [2.75, 3.05) is 7.05 Å². The van der Waals surface area contributed by atoms with E-state index in [1.807, 2.05) is 56.3 Å². The van der Waals surface area contributed by atoms with E-state index in [0.29, 0.717) is 19.3 Å². The molecule has 0 aromatic heterocycles. The number of cyclic esters (lactones) is 1. The van der Waals surface area contributed by atoms with Crippen LogP contribution in [0.1, 0.15) is 44.8 Å². The van der Waals surface area contributed by atoms with Crippen LogP contribution in [-0.4, -0.2) is 29.9 Å². The number of amides is 1. The van der Waals surface area contributed by atoms with Crippen LogP contribution in [0.4, 0.5) is 0 Å². The zero-order valence-electron chi connectivity index (χ0n) is 14.1. The van der Waals surface area contributed by atoms with Gasteiger partial charge in [0.15, 0.2) is 0 Å². The van der Waals surface area contributed by atoms with Crippen LogP contribution < -0.4 is 0 Å². The number of carbonyl (C=O) groups excluding carboxylic acids is 2. The molecule has 0 radical (unpaired) electrons.